The fourth-order valence-electron chi connectivity index (χ4n) is 5.84. The van der Waals surface area contributed by atoms with Gasteiger partial charge < -0.3 is 19.6 Å². The first kappa shape index (κ1) is 30.3. The van der Waals surface area contributed by atoms with Crippen LogP contribution < -0.4 is 9.46 Å². The van der Waals surface area contributed by atoms with Gasteiger partial charge in [-0.2, -0.15) is 4.72 Å². The second-order valence-corrected chi connectivity index (χ2v) is 13.2. The maximum atomic E-state index is 13.6. The van der Waals surface area contributed by atoms with Gasteiger partial charge in [-0.3, -0.25) is 9.59 Å². The lowest BCUT2D eigenvalue weighted by molar-refractivity contribution is -0.144. The Morgan fingerprint density at radius 1 is 1.02 bits per heavy atom. The number of piperidine rings is 1. The van der Waals surface area contributed by atoms with E-state index in [1.165, 1.54) is 11.0 Å². The molecule has 3 aromatic carbocycles. The molecule has 0 radical (unpaired) electrons. The molecule has 0 aliphatic carbocycles. The summed E-state index contributed by atoms with van der Waals surface area (Å²) >= 11 is 6.05. The van der Waals surface area contributed by atoms with E-state index in [4.69, 9.17) is 16.3 Å². The van der Waals surface area contributed by atoms with E-state index in [0.29, 0.717) is 42.6 Å². The number of nitrogens with zero attached hydrogens (tertiary/aromatic N) is 2. The fraction of sp³-hybridized carbons (Fsp3) is 0.419. The van der Waals surface area contributed by atoms with E-state index >= 15 is 0 Å². The molecule has 9 nitrogen and oxygen atoms in total. The van der Waals surface area contributed by atoms with Crippen LogP contribution in [0.4, 0.5) is 0 Å². The van der Waals surface area contributed by atoms with E-state index in [9.17, 15) is 23.1 Å². The van der Waals surface area contributed by atoms with Crippen LogP contribution in [0.2, 0.25) is 5.02 Å². The molecule has 42 heavy (non-hydrogen) atoms. The number of methoxy groups -OCH3 is 1. The summed E-state index contributed by atoms with van der Waals surface area (Å²) in [4.78, 5) is 30.2. The normalized spacial score (nSPS) is 21.8. The van der Waals surface area contributed by atoms with Gasteiger partial charge in [0.05, 0.1) is 24.7 Å². The van der Waals surface area contributed by atoms with Crippen molar-refractivity contribution in [2.24, 2.45) is 0 Å². The van der Waals surface area contributed by atoms with Gasteiger partial charge in [0, 0.05) is 24.2 Å². The number of carbonyl (C=O) groups excluding carboxylic acids is 2. The predicted molar refractivity (Wildman–Crippen MR) is 161 cm³/mol. The molecular weight excluding hydrogens is 578 g/mol. The van der Waals surface area contributed by atoms with Crippen molar-refractivity contribution in [2.75, 3.05) is 26.7 Å². The molecule has 5 rings (SSSR count). The summed E-state index contributed by atoms with van der Waals surface area (Å²) in [6, 6.07) is 16.5. The highest BCUT2D eigenvalue weighted by Crippen LogP contribution is 2.25. The minimum atomic E-state index is -4.00. The maximum absolute atomic E-state index is 13.6. The zero-order valence-corrected chi connectivity index (χ0v) is 25.1. The molecule has 224 valence electrons. The number of hydrogen-bond acceptors (Lipinski definition) is 6. The lowest BCUT2D eigenvalue weighted by Crippen LogP contribution is -2.55. The lowest BCUT2D eigenvalue weighted by Gasteiger charge is -2.36. The number of aliphatic hydroxyl groups excluding tert-OH is 1. The number of nitrogens with one attached hydrogen (secondary N) is 1. The molecule has 2 N–H and O–H groups in total. The predicted octanol–water partition coefficient (Wildman–Crippen LogP) is 3.76. The van der Waals surface area contributed by atoms with Crippen LogP contribution >= 0.6 is 11.6 Å². The molecule has 3 aromatic rings. The number of ether oxygens (including phenoxy) is 1. The second-order valence-electron chi connectivity index (χ2n) is 11.1. The van der Waals surface area contributed by atoms with Gasteiger partial charge in [-0.1, -0.05) is 35.9 Å². The number of hydrogen-bond donors (Lipinski definition) is 2. The Hall–Kier alpha value is -3.18. The van der Waals surface area contributed by atoms with Crippen LogP contribution in [0.25, 0.3) is 10.8 Å². The Bertz CT molecular complexity index is 1550. The van der Waals surface area contributed by atoms with E-state index in [-0.39, 0.29) is 29.9 Å². The Morgan fingerprint density at radius 2 is 1.76 bits per heavy atom. The van der Waals surface area contributed by atoms with E-state index in [2.05, 4.69) is 4.72 Å². The van der Waals surface area contributed by atoms with Crippen molar-refractivity contribution < 1.29 is 27.9 Å². The van der Waals surface area contributed by atoms with Crippen LogP contribution in [0, 0.1) is 0 Å². The van der Waals surface area contributed by atoms with Gasteiger partial charge in [0.25, 0.3) is 0 Å². The van der Waals surface area contributed by atoms with Gasteiger partial charge in [-0.25, -0.2) is 8.42 Å². The third-order valence-corrected chi connectivity index (χ3v) is 9.82. The van der Waals surface area contributed by atoms with Gasteiger partial charge in [0.2, 0.25) is 21.8 Å². The van der Waals surface area contributed by atoms with Crippen molar-refractivity contribution in [1.82, 2.24) is 14.5 Å². The van der Waals surface area contributed by atoms with Crippen LogP contribution in [-0.4, -0.2) is 80.1 Å². The third-order valence-electron chi connectivity index (χ3n) is 8.11. The summed E-state index contributed by atoms with van der Waals surface area (Å²) in [7, 11) is -2.38. The number of amides is 2. The molecule has 0 aromatic heterocycles. The summed E-state index contributed by atoms with van der Waals surface area (Å²) < 4.78 is 34.3. The second kappa shape index (κ2) is 13.0. The van der Waals surface area contributed by atoms with Crippen molar-refractivity contribution in [1.29, 1.82) is 0 Å². The Kier molecular flexibility index (Phi) is 9.37. The molecule has 11 heteroatoms. The molecular formula is C31H36ClN3O6S. The number of rotatable bonds is 8. The van der Waals surface area contributed by atoms with Crippen LogP contribution in [0.3, 0.4) is 0 Å². The van der Waals surface area contributed by atoms with E-state index in [1.807, 2.05) is 24.3 Å². The lowest BCUT2D eigenvalue weighted by atomic mass is 10.00. The Morgan fingerprint density at radius 3 is 2.52 bits per heavy atom. The van der Waals surface area contributed by atoms with Gasteiger partial charge in [0.15, 0.2) is 0 Å². The number of aliphatic hydroxyl groups is 1. The van der Waals surface area contributed by atoms with E-state index in [0.717, 1.165) is 29.5 Å². The Labute approximate surface area is 251 Å². The first-order valence-corrected chi connectivity index (χ1v) is 16.1. The van der Waals surface area contributed by atoms with E-state index in [1.54, 1.807) is 42.3 Å². The summed E-state index contributed by atoms with van der Waals surface area (Å²) in [5.74, 6) is 0.0784. The molecule has 2 aliphatic heterocycles. The summed E-state index contributed by atoms with van der Waals surface area (Å²) in [5.41, 5.74) is 1.05. The number of carbonyl (C=O) groups is 2. The van der Waals surface area contributed by atoms with Crippen molar-refractivity contribution in [2.45, 2.75) is 61.6 Å². The highest BCUT2D eigenvalue weighted by atomic mass is 35.5. The average Bonchev–Trinajstić information content (AvgIpc) is 3.16. The minimum Gasteiger partial charge on any atom is -0.497 e. The SMILES string of the molecule is COc1ccc(C[C@@H]2CCC[C@@H](O)CN2C(=O)CN2CCCC(NS(=O)(=O)c3ccc4cc(Cl)ccc4c3)C2=O)cc1. The molecule has 2 saturated heterocycles. The minimum absolute atomic E-state index is 0.0539. The molecule has 0 bridgehead atoms. The van der Waals surface area contributed by atoms with Crippen molar-refractivity contribution in [3.05, 3.63) is 71.2 Å². The largest absolute Gasteiger partial charge is 0.497 e. The van der Waals surface area contributed by atoms with Gasteiger partial charge in [0.1, 0.15) is 11.8 Å². The van der Waals surface area contributed by atoms with Crippen molar-refractivity contribution in [3.8, 4) is 5.75 Å². The number of likely N-dealkylation sites (tertiary alicyclic amines) is 2. The number of benzene rings is 3. The first-order valence-electron chi connectivity index (χ1n) is 14.2. The summed E-state index contributed by atoms with van der Waals surface area (Å²) in [6.45, 7) is 0.392. The molecule has 0 saturated carbocycles. The molecule has 3 atom stereocenters. The number of sulfonamides is 1. The zero-order chi connectivity index (χ0) is 29.9. The molecule has 2 fully saturated rings. The highest BCUT2D eigenvalue weighted by Gasteiger charge is 2.36. The summed E-state index contributed by atoms with van der Waals surface area (Å²) in [5, 5.41) is 12.6. The third kappa shape index (κ3) is 7.06. The van der Waals surface area contributed by atoms with Crippen LogP contribution in [0.5, 0.6) is 5.75 Å². The van der Waals surface area contributed by atoms with Crippen LogP contribution in [0.15, 0.2) is 65.6 Å². The van der Waals surface area contributed by atoms with Gasteiger partial charge >= 0.3 is 0 Å². The van der Waals surface area contributed by atoms with Gasteiger partial charge in [-0.05, 0) is 91.3 Å². The molecule has 2 aliphatic rings. The molecule has 1 unspecified atom stereocenters. The number of β-amino-alcohol motifs (C(OH)–C–C–N with tert-alkyl or cyclic N) is 1. The zero-order valence-electron chi connectivity index (χ0n) is 23.5. The average molecular weight is 614 g/mol. The maximum Gasteiger partial charge on any atom is 0.242 e. The van der Waals surface area contributed by atoms with Crippen LogP contribution in [-0.2, 0) is 26.0 Å². The van der Waals surface area contributed by atoms with Gasteiger partial charge in [-0.15, -0.1) is 0 Å². The fourth-order valence-corrected chi connectivity index (χ4v) is 7.28. The van der Waals surface area contributed by atoms with Crippen molar-refractivity contribution in [3.63, 3.8) is 0 Å². The number of fused-ring (bicyclic) bond motifs is 1. The summed E-state index contributed by atoms with van der Waals surface area (Å²) in [6.07, 6.45) is 3.02. The Balaban J connectivity index is 1.27. The first-order chi connectivity index (χ1) is 20.1. The van der Waals surface area contributed by atoms with Crippen LogP contribution in [0.1, 0.15) is 37.7 Å². The van der Waals surface area contributed by atoms with E-state index < -0.39 is 28.1 Å². The standard InChI is InChI=1S/C31H36ClN3O6S/c1-41-27-12-7-21(8-13-27)16-25-4-2-5-26(36)19-35(25)30(37)20-34-15-3-6-29(31(34)38)33-42(39,40)28-14-10-22-17-24(32)11-9-23(22)18-28/h7-14,17-18,25-26,29,33,36H,2-6,15-16,19-20H2,1H3/t25-,26+,29?/m0/s1. The molecule has 2 heterocycles. The molecule has 2 amide bonds. The smallest absolute Gasteiger partial charge is 0.242 e. The monoisotopic (exact) mass is 613 g/mol. The topological polar surface area (TPSA) is 116 Å². The molecule has 0 spiro atoms. The highest BCUT2D eigenvalue weighted by molar-refractivity contribution is 7.89. The number of halogens is 1. The van der Waals surface area contributed by atoms with Crippen molar-refractivity contribution >= 4 is 44.2 Å². The quantitative estimate of drug-likeness (QED) is 0.400.